The van der Waals surface area contributed by atoms with Crippen LogP contribution in [0.15, 0.2) is 0 Å². The first-order valence-electron chi connectivity index (χ1n) is 7.63. The lowest BCUT2D eigenvalue weighted by molar-refractivity contribution is -0.131. The molecule has 126 valence electrons. The molecule has 1 spiro atoms. The van der Waals surface area contributed by atoms with Crippen molar-refractivity contribution in [2.45, 2.75) is 68.1 Å². The van der Waals surface area contributed by atoms with Gasteiger partial charge in [-0.3, -0.25) is 9.69 Å². The van der Waals surface area contributed by atoms with Crippen molar-refractivity contribution in [1.82, 2.24) is 10.2 Å². The fraction of sp³-hybridized carbons (Fsp3) is 0.929. The second kappa shape index (κ2) is 5.06. The van der Waals surface area contributed by atoms with Gasteiger partial charge in [0, 0.05) is 18.9 Å². The van der Waals surface area contributed by atoms with Crippen molar-refractivity contribution in [3.63, 3.8) is 0 Å². The third kappa shape index (κ3) is 2.60. The molecule has 0 aromatic rings. The van der Waals surface area contributed by atoms with Crippen LogP contribution in [0, 0.1) is 0 Å². The Morgan fingerprint density at radius 1 is 1.18 bits per heavy atom. The van der Waals surface area contributed by atoms with Gasteiger partial charge in [-0.1, -0.05) is 12.8 Å². The predicted molar refractivity (Wildman–Crippen MR) is 69.8 cm³/mol. The molecule has 8 heteroatoms. The number of hydrogen-bond donors (Lipinski definition) is 2. The minimum atomic E-state index is -3.24. The molecule has 2 saturated carbocycles. The molecule has 4 nitrogen and oxygen atoms in total. The molecule has 0 radical (unpaired) electrons. The number of rotatable bonds is 3. The Balaban J connectivity index is 1.62. The predicted octanol–water partition coefficient (Wildman–Crippen LogP) is 1.52. The number of alkyl halides is 4. The zero-order valence-electron chi connectivity index (χ0n) is 12.1. The summed E-state index contributed by atoms with van der Waals surface area (Å²) in [5.74, 6) is -6.51. The molecule has 1 saturated heterocycles. The van der Waals surface area contributed by atoms with Gasteiger partial charge in [-0.15, -0.1) is 0 Å². The topological polar surface area (TPSA) is 52.6 Å². The zero-order valence-corrected chi connectivity index (χ0v) is 12.1. The van der Waals surface area contributed by atoms with E-state index in [1.165, 1.54) is 4.90 Å². The highest BCUT2D eigenvalue weighted by Gasteiger charge is 2.63. The van der Waals surface area contributed by atoms with Gasteiger partial charge in [0.2, 0.25) is 5.91 Å². The molecule has 1 amide bonds. The molecule has 0 aromatic heterocycles. The molecule has 0 aromatic carbocycles. The quantitative estimate of drug-likeness (QED) is 0.774. The number of hydrogen-bond acceptors (Lipinski definition) is 3. The van der Waals surface area contributed by atoms with Crippen LogP contribution in [0.4, 0.5) is 17.6 Å². The number of aliphatic hydroxyl groups is 1. The summed E-state index contributed by atoms with van der Waals surface area (Å²) in [4.78, 5) is 13.3. The summed E-state index contributed by atoms with van der Waals surface area (Å²) < 4.78 is 53.2. The molecule has 1 aliphatic heterocycles. The standard InChI is InChI=1S/C14H20F4N2O2/c15-13(16)5-9(6-13)19-10(21)7-20-8-14(17,18)11(22)12(20)3-1-2-4-12/h9,11,22H,1-8H2,(H,19,21). The Hall–Kier alpha value is -0.890. The second-order valence-electron chi connectivity index (χ2n) is 6.86. The van der Waals surface area contributed by atoms with Crippen molar-refractivity contribution in [2.75, 3.05) is 13.1 Å². The van der Waals surface area contributed by atoms with Gasteiger partial charge >= 0.3 is 0 Å². The number of carbonyl (C=O) groups excluding carboxylic acids is 1. The summed E-state index contributed by atoms with van der Waals surface area (Å²) in [7, 11) is 0. The maximum atomic E-state index is 13.9. The summed E-state index contributed by atoms with van der Waals surface area (Å²) in [6.07, 6.45) is -0.244. The van der Waals surface area contributed by atoms with Crippen LogP contribution in [0.3, 0.4) is 0 Å². The van der Waals surface area contributed by atoms with Crippen LogP contribution in [0.1, 0.15) is 38.5 Å². The third-order valence-electron chi connectivity index (χ3n) is 5.20. The summed E-state index contributed by atoms with van der Waals surface area (Å²) in [5.41, 5.74) is -1.05. The molecule has 1 unspecified atom stereocenters. The van der Waals surface area contributed by atoms with Crippen molar-refractivity contribution < 1.29 is 27.5 Å². The minimum Gasteiger partial charge on any atom is -0.385 e. The van der Waals surface area contributed by atoms with E-state index in [4.69, 9.17) is 0 Å². The SMILES string of the molecule is O=C(CN1CC(F)(F)C(O)C12CCCC2)NC1CC(F)(F)C1. The van der Waals surface area contributed by atoms with Gasteiger partial charge in [0.15, 0.2) is 0 Å². The molecule has 3 aliphatic rings. The van der Waals surface area contributed by atoms with Crippen LogP contribution in [0.2, 0.25) is 0 Å². The van der Waals surface area contributed by atoms with Gasteiger partial charge < -0.3 is 10.4 Å². The fourth-order valence-corrected chi connectivity index (χ4v) is 4.06. The van der Waals surface area contributed by atoms with Crippen molar-refractivity contribution >= 4 is 5.91 Å². The van der Waals surface area contributed by atoms with Gasteiger partial charge in [0.1, 0.15) is 6.10 Å². The van der Waals surface area contributed by atoms with Crippen LogP contribution >= 0.6 is 0 Å². The van der Waals surface area contributed by atoms with E-state index < -0.39 is 54.8 Å². The number of aliphatic hydroxyl groups excluding tert-OH is 1. The van der Waals surface area contributed by atoms with Gasteiger partial charge in [-0.05, 0) is 12.8 Å². The maximum absolute atomic E-state index is 13.9. The Labute approximate surface area is 125 Å². The zero-order chi connectivity index (χ0) is 16.2. The first-order chi connectivity index (χ1) is 10.1. The second-order valence-corrected chi connectivity index (χ2v) is 6.86. The van der Waals surface area contributed by atoms with E-state index in [1.807, 2.05) is 0 Å². The lowest BCUT2D eigenvalue weighted by atomic mass is 9.88. The minimum absolute atomic E-state index is 0.283. The number of halogens is 4. The molecule has 1 atom stereocenters. The van der Waals surface area contributed by atoms with Crippen LogP contribution in [0.5, 0.6) is 0 Å². The highest BCUT2D eigenvalue weighted by Crippen LogP contribution is 2.48. The maximum Gasteiger partial charge on any atom is 0.287 e. The van der Waals surface area contributed by atoms with E-state index in [9.17, 15) is 27.5 Å². The summed E-state index contributed by atoms with van der Waals surface area (Å²) in [6, 6.07) is -0.588. The highest BCUT2D eigenvalue weighted by molar-refractivity contribution is 5.78. The largest absolute Gasteiger partial charge is 0.385 e. The van der Waals surface area contributed by atoms with Crippen LogP contribution in [0.25, 0.3) is 0 Å². The monoisotopic (exact) mass is 324 g/mol. The van der Waals surface area contributed by atoms with Gasteiger partial charge in [0.25, 0.3) is 11.8 Å². The number of likely N-dealkylation sites (tertiary alicyclic amines) is 1. The van der Waals surface area contributed by atoms with Gasteiger partial charge in [-0.2, -0.15) is 0 Å². The lowest BCUT2D eigenvalue weighted by Gasteiger charge is -2.38. The molecular formula is C14H20F4N2O2. The van der Waals surface area contributed by atoms with Crippen molar-refractivity contribution in [1.29, 1.82) is 0 Å². The molecule has 0 bridgehead atoms. The van der Waals surface area contributed by atoms with E-state index in [-0.39, 0.29) is 6.54 Å². The normalized spacial score (nSPS) is 33.0. The number of amides is 1. The first kappa shape index (κ1) is 16.0. The van der Waals surface area contributed by atoms with E-state index >= 15 is 0 Å². The Kier molecular flexibility index (Phi) is 3.67. The van der Waals surface area contributed by atoms with Crippen LogP contribution in [-0.2, 0) is 4.79 Å². The van der Waals surface area contributed by atoms with Gasteiger partial charge in [0.05, 0.1) is 18.6 Å². The highest BCUT2D eigenvalue weighted by atomic mass is 19.3. The Morgan fingerprint density at radius 2 is 1.77 bits per heavy atom. The molecule has 3 fully saturated rings. The average molecular weight is 324 g/mol. The van der Waals surface area contributed by atoms with E-state index in [1.54, 1.807) is 0 Å². The van der Waals surface area contributed by atoms with Gasteiger partial charge in [-0.25, -0.2) is 17.6 Å². The molecule has 22 heavy (non-hydrogen) atoms. The summed E-state index contributed by atoms with van der Waals surface area (Å²) in [5, 5.41) is 12.4. The number of carbonyl (C=O) groups is 1. The number of nitrogens with zero attached hydrogens (tertiary/aromatic N) is 1. The molecular weight excluding hydrogens is 304 g/mol. The van der Waals surface area contributed by atoms with Crippen molar-refractivity contribution in [3.05, 3.63) is 0 Å². The van der Waals surface area contributed by atoms with Crippen molar-refractivity contribution in [3.8, 4) is 0 Å². The fourth-order valence-electron chi connectivity index (χ4n) is 4.06. The summed E-state index contributed by atoms with van der Waals surface area (Å²) in [6.45, 7) is -0.947. The lowest BCUT2D eigenvalue weighted by Crippen LogP contribution is -2.55. The van der Waals surface area contributed by atoms with E-state index in [2.05, 4.69) is 5.32 Å². The summed E-state index contributed by atoms with van der Waals surface area (Å²) >= 11 is 0. The molecule has 2 aliphatic carbocycles. The average Bonchev–Trinajstić information content (AvgIpc) is 2.90. The van der Waals surface area contributed by atoms with Crippen molar-refractivity contribution in [2.24, 2.45) is 0 Å². The number of nitrogens with one attached hydrogen (secondary N) is 1. The third-order valence-corrected chi connectivity index (χ3v) is 5.20. The first-order valence-corrected chi connectivity index (χ1v) is 7.63. The Morgan fingerprint density at radius 3 is 2.32 bits per heavy atom. The molecule has 2 N–H and O–H groups in total. The molecule has 3 rings (SSSR count). The van der Waals surface area contributed by atoms with Crippen LogP contribution < -0.4 is 5.32 Å². The Bertz CT molecular complexity index is 458. The smallest absolute Gasteiger partial charge is 0.287 e. The van der Waals surface area contributed by atoms with E-state index in [0.29, 0.717) is 12.8 Å². The van der Waals surface area contributed by atoms with E-state index in [0.717, 1.165) is 12.8 Å². The van der Waals surface area contributed by atoms with Crippen LogP contribution in [-0.4, -0.2) is 58.5 Å². The molecule has 1 heterocycles.